The highest BCUT2D eigenvalue weighted by molar-refractivity contribution is 6.06. The van der Waals surface area contributed by atoms with Gasteiger partial charge in [-0.2, -0.15) is 0 Å². The number of rotatable bonds is 7. The van der Waals surface area contributed by atoms with E-state index in [4.69, 9.17) is 9.47 Å². The van der Waals surface area contributed by atoms with E-state index in [1.807, 2.05) is 85.8 Å². The summed E-state index contributed by atoms with van der Waals surface area (Å²) in [5.41, 5.74) is 4.92. The molecule has 36 heavy (non-hydrogen) atoms. The molecular formula is C30H26N2O4. The molecule has 1 aliphatic heterocycles. The van der Waals surface area contributed by atoms with Crippen molar-refractivity contribution in [3.8, 4) is 11.5 Å². The van der Waals surface area contributed by atoms with E-state index in [0.717, 1.165) is 22.4 Å². The fourth-order valence-electron chi connectivity index (χ4n) is 4.09. The standard InChI is InChI=1S/C30H26N2O4/c1-21-10-12-22(13-11-21)19-32(30(34)24-14-15-27-28(18-24)36-20-35-27)26-9-5-6-23(16-26)17-29(33)31-25-7-3-2-4-8-25/h2-16,18H,17,19-20H2,1H3,(H,31,33). The molecule has 180 valence electrons. The van der Waals surface area contributed by atoms with Crippen LogP contribution in [-0.4, -0.2) is 18.6 Å². The van der Waals surface area contributed by atoms with Gasteiger partial charge in [-0.05, 0) is 60.5 Å². The summed E-state index contributed by atoms with van der Waals surface area (Å²) in [7, 11) is 0. The minimum Gasteiger partial charge on any atom is -0.454 e. The molecule has 0 saturated heterocycles. The predicted molar refractivity (Wildman–Crippen MR) is 139 cm³/mol. The molecule has 0 saturated carbocycles. The van der Waals surface area contributed by atoms with Crippen LogP contribution in [0.1, 0.15) is 27.0 Å². The Morgan fingerprint density at radius 1 is 0.806 bits per heavy atom. The SMILES string of the molecule is Cc1ccc(CN(C(=O)c2ccc3c(c2)OCO3)c2cccc(CC(=O)Nc3ccccc3)c2)cc1. The number of hydrogen-bond acceptors (Lipinski definition) is 4. The Morgan fingerprint density at radius 2 is 1.58 bits per heavy atom. The Balaban J connectivity index is 1.42. The molecule has 6 heteroatoms. The van der Waals surface area contributed by atoms with Crippen LogP contribution in [0.15, 0.2) is 97.1 Å². The summed E-state index contributed by atoms with van der Waals surface area (Å²) in [5, 5.41) is 2.91. The number of ether oxygens (including phenoxy) is 2. The van der Waals surface area contributed by atoms with E-state index < -0.39 is 0 Å². The number of carbonyl (C=O) groups excluding carboxylic acids is 2. The summed E-state index contributed by atoms with van der Waals surface area (Å²) >= 11 is 0. The van der Waals surface area contributed by atoms with Crippen molar-refractivity contribution in [2.24, 2.45) is 0 Å². The maximum Gasteiger partial charge on any atom is 0.258 e. The van der Waals surface area contributed by atoms with E-state index >= 15 is 0 Å². The van der Waals surface area contributed by atoms with Crippen LogP contribution in [0.4, 0.5) is 11.4 Å². The van der Waals surface area contributed by atoms with Gasteiger partial charge in [-0.3, -0.25) is 9.59 Å². The Kier molecular flexibility index (Phi) is 6.67. The summed E-state index contributed by atoms with van der Waals surface area (Å²) in [6, 6.07) is 30.2. The van der Waals surface area contributed by atoms with Crippen molar-refractivity contribution in [2.45, 2.75) is 19.9 Å². The highest BCUT2D eigenvalue weighted by atomic mass is 16.7. The Hall–Kier alpha value is -4.58. The molecular weight excluding hydrogens is 452 g/mol. The van der Waals surface area contributed by atoms with Gasteiger partial charge in [-0.25, -0.2) is 0 Å². The number of anilines is 2. The second-order valence-corrected chi connectivity index (χ2v) is 8.71. The Morgan fingerprint density at radius 3 is 2.39 bits per heavy atom. The largest absolute Gasteiger partial charge is 0.454 e. The number of amides is 2. The van der Waals surface area contributed by atoms with Gasteiger partial charge in [0.2, 0.25) is 12.7 Å². The third kappa shape index (κ3) is 5.39. The molecule has 6 nitrogen and oxygen atoms in total. The minimum atomic E-state index is -0.167. The van der Waals surface area contributed by atoms with Crippen molar-refractivity contribution in [2.75, 3.05) is 17.0 Å². The molecule has 0 fully saturated rings. The molecule has 1 heterocycles. The van der Waals surface area contributed by atoms with E-state index in [1.54, 1.807) is 23.1 Å². The molecule has 0 aliphatic carbocycles. The van der Waals surface area contributed by atoms with Crippen LogP contribution in [0.2, 0.25) is 0 Å². The van der Waals surface area contributed by atoms with Crippen molar-refractivity contribution in [1.29, 1.82) is 0 Å². The first kappa shape index (κ1) is 23.2. The third-order valence-electron chi connectivity index (χ3n) is 5.97. The molecule has 4 aromatic carbocycles. The summed E-state index contributed by atoms with van der Waals surface area (Å²) in [6.45, 7) is 2.56. The molecule has 5 rings (SSSR count). The normalized spacial score (nSPS) is 11.7. The zero-order valence-electron chi connectivity index (χ0n) is 19.9. The number of aryl methyl sites for hydroxylation is 1. The van der Waals surface area contributed by atoms with Gasteiger partial charge in [0.25, 0.3) is 5.91 Å². The molecule has 1 N–H and O–H groups in total. The monoisotopic (exact) mass is 478 g/mol. The van der Waals surface area contributed by atoms with Crippen LogP contribution in [-0.2, 0) is 17.8 Å². The number of para-hydroxylation sites is 1. The van der Waals surface area contributed by atoms with Gasteiger partial charge in [0.1, 0.15) is 0 Å². The molecule has 0 unspecified atom stereocenters. The number of nitrogens with one attached hydrogen (secondary N) is 1. The van der Waals surface area contributed by atoms with Gasteiger partial charge < -0.3 is 19.7 Å². The molecule has 0 spiro atoms. The lowest BCUT2D eigenvalue weighted by atomic mass is 10.1. The Labute approximate surface area is 210 Å². The summed E-state index contributed by atoms with van der Waals surface area (Å²) in [4.78, 5) is 28.1. The zero-order valence-corrected chi connectivity index (χ0v) is 19.9. The molecule has 0 aromatic heterocycles. The van der Waals surface area contributed by atoms with E-state index in [2.05, 4.69) is 5.32 Å². The second-order valence-electron chi connectivity index (χ2n) is 8.71. The van der Waals surface area contributed by atoms with Gasteiger partial charge >= 0.3 is 0 Å². The molecule has 2 amide bonds. The third-order valence-corrected chi connectivity index (χ3v) is 5.97. The van der Waals surface area contributed by atoms with E-state index in [1.165, 1.54) is 0 Å². The quantitative estimate of drug-likeness (QED) is 0.367. The first-order valence-corrected chi connectivity index (χ1v) is 11.8. The first-order valence-electron chi connectivity index (χ1n) is 11.8. The van der Waals surface area contributed by atoms with Crippen molar-refractivity contribution >= 4 is 23.2 Å². The van der Waals surface area contributed by atoms with E-state index in [0.29, 0.717) is 29.3 Å². The molecule has 0 atom stereocenters. The molecule has 4 aromatic rings. The van der Waals surface area contributed by atoms with Crippen LogP contribution in [0.25, 0.3) is 0 Å². The van der Waals surface area contributed by atoms with Gasteiger partial charge in [0.05, 0.1) is 13.0 Å². The fourth-order valence-corrected chi connectivity index (χ4v) is 4.09. The first-order chi connectivity index (χ1) is 17.5. The number of hydrogen-bond donors (Lipinski definition) is 1. The summed E-state index contributed by atoms with van der Waals surface area (Å²) < 4.78 is 10.9. The van der Waals surface area contributed by atoms with Crippen molar-refractivity contribution in [3.63, 3.8) is 0 Å². The lowest BCUT2D eigenvalue weighted by Gasteiger charge is -2.24. The van der Waals surface area contributed by atoms with Crippen LogP contribution >= 0.6 is 0 Å². The Bertz CT molecular complexity index is 1380. The van der Waals surface area contributed by atoms with Crippen molar-refractivity contribution in [3.05, 3.63) is 119 Å². The topological polar surface area (TPSA) is 67.9 Å². The molecule has 0 bridgehead atoms. The second kappa shape index (κ2) is 10.4. The van der Waals surface area contributed by atoms with Gasteiger partial charge in [-0.1, -0.05) is 60.2 Å². The number of fused-ring (bicyclic) bond motifs is 1. The van der Waals surface area contributed by atoms with Crippen LogP contribution in [0.5, 0.6) is 11.5 Å². The highest BCUT2D eigenvalue weighted by Gasteiger charge is 2.22. The number of benzene rings is 4. The summed E-state index contributed by atoms with van der Waals surface area (Å²) in [6.07, 6.45) is 0.194. The van der Waals surface area contributed by atoms with Crippen molar-refractivity contribution < 1.29 is 19.1 Å². The smallest absolute Gasteiger partial charge is 0.258 e. The zero-order chi connectivity index (χ0) is 24.9. The fraction of sp³-hybridized carbons (Fsp3) is 0.133. The van der Waals surface area contributed by atoms with Crippen LogP contribution in [0.3, 0.4) is 0 Å². The van der Waals surface area contributed by atoms with Gasteiger partial charge in [0, 0.05) is 16.9 Å². The van der Waals surface area contributed by atoms with E-state index in [-0.39, 0.29) is 25.0 Å². The number of nitrogens with zero attached hydrogens (tertiary/aromatic N) is 1. The van der Waals surface area contributed by atoms with Crippen LogP contribution < -0.4 is 19.7 Å². The minimum absolute atomic E-state index is 0.120. The van der Waals surface area contributed by atoms with Gasteiger partial charge in [-0.15, -0.1) is 0 Å². The van der Waals surface area contributed by atoms with Crippen molar-refractivity contribution in [1.82, 2.24) is 0 Å². The lowest BCUT2D eigenvalue weighted by molar-refractivity contribution is -0.115. The maximum absolute atomic E-state index is 13.7. The summed E-state index contributed by atoms with van der Waals surface area (Å²) in [5.74, 6) is 0.899. The lowest BCUT2D eigenvalue weighted by Crippen LogP contribution is -2.30. The predicted octanol–water partition coefficient (Wildman–Crippen LogP) is 5.75. The molecule has 0 radical (unpaired) electrons. The average molecular weight is 479 g/mol. The van der Waals surface area contributed by atoms with Crippen LogP contribution in [0, 0.1) is 6.92 Å². The number of carbonyl (C=O) groups is 2. The maximum atomic E-state index is 13.7. The average Bonchev–Trinajstić information content (AvgIpc) is 3.37. The van der Waals surface area contributed by atoms with E-state index in [9.17, 15) is 9.59 Å². The van der Waals surface area contributed by atoms with Gasteiger partial charge in [0.15, 0.2) is 11.5 Å². The highest BCUT2D eigenvalue weighted by Crippen LogP contribution is 2.33. The molecule has 1 aliphatic rings.